The number of fused-ring (bicyclic) bond motifs is 4. The summed E-state index contributed by atoms with van der Waals surface area (Å²) in [5, 5.41) is 15.4. The van der Waals surface area contributed by atoms with E-state index < -0.39 is 11.6 Å². The predicted molar refractivity (Wildman–Crippen MR) is 194 cm³/mol. The molecule has 2 aromatic heterocycles. The Bertz CT molecular complexity index is 2080. The second kappa shape index (κ2) is 12.9. The van der Waals surface area contributed by atoms with Crippen LogP contribution < -0.4 is 19.7 Å². The predicted octanol–water partition coefficient (Wildman–Crippen LogP) is 6.74. The minimum Gasteiger partial charge on any atom is -0.508 e. The molecule has 3 aliphatic heterocycles. The van der Waals surface area contributed by atoms with Gasteiger partial charge in [-0.25, -0.2) is 13.8 Å². The molecule has 51 heavy (non-hydrogen) atoms. The van der Waals surface area contributed by atoms with E-state index in [0.717, 1.165) is 45.1 Å². The van der Waals surface area contributed by atoms with E-state index in [2.05, 4.69) is 46.4 Å². The van der Waals surface area contributed by atoms with E-state index in [1.165, 1.54) is 43.4 Å². The summed E-state index contributed by atoms with van der Waals surface area (Å²) in [7, 11) is 1.46. The Morgan fingerprint density at radius 2 is 1.86 bits per heavy atom. The maximum absolute atomic E-state index is 17.2. The highest BCUT2D eigenvalue weighted by Gasteiger charge is 2.48. The number of nitrogens with zero attached hydrogens (tertiary/aromatic N) is 5. The molecule has 0 amide bonds. The van der Waals surface area contributed by atoms with E-state index in [-0.39, 0.29) is 62.9 Å². The molecule has 266 valence electrons. The maximum atomic E-state index is 17.2. The number of methoxy groups -OCH3 is 1. The van der Waals surface area contributed by atoms with Gasteiger partial charge in [0.2, 0.25) is 5.88 Å². The summed E-state index contributed by atoms with van der Waals surface area (Å²) in [6, 6.07) is 7.12. The van der Waals surface area contributed by atoms with Crippen molar-refractivity contribution in [1.29, 1.82) is 0 Å². The first-order valence-electron chi connectivity index (χ1n) is 18.0. The lowest BCUT2D eigenvalue weighted by atomic mass is 9.95. The van der Waals surface area contributed by atoms with E-state index in [1.54, 1.807) is 0 Å². The molecular formula is C40H44F2N6O3. The number of hydrogen-bond donors (Lipinski definition) is 2. The molecule has 8 rings (SSSR count). The van der Waals surface area contributed by atoms with Crippen LogP contribution in [0.3, 0.4) is 0 Å². The van der Waals surface area contributed by atoms with Crippen molar-refractivity contribution in [2.45, 2.75) is 83.0 Å². The van der Waals surface area contributed by atoms with Crippen LogP contribution in [0.5, 0.6) is 17.6 Å². The van der Waals surface area contributed by atoms with Gasteiger partial charge in [0, 0.05) is 60.2 Å². The normalized spacial score (nSPS) is 23.9. The number of hydrogen-bond acceptors (Lipinski definition) is 9. The first-order chi connectivity index (χ1) is 24.6. The lowest BCUT2D eigenvalue weighted by molar-refractivity contribution is 0.122. The van der Waals surface area contributed by atoms with Gasteiger partial charge in [0.1, 0.15) is 34.0 Å². The zero-order valence-electron chi connectivity index (χ0n) is 29.4. The number of anilines is 1. The van der Waals surface area contributed by atoms with Crippen molar-refractivity contribution in [3.8, 4) is 41.2 Å². The van der Waals surface area contributed by atoms with Gasteiger partial charge >= 0.3 is 6.01 Å². The Morgan fingerprint density at radius 1 is 1.10 bits per heavy atom. The molecular weight excluding hydrogens is 650 g/mol. The zero-order valence-corrected chi connectivity index (χ0v) is 29.4. The third-order valence-corrected chi connectivity index (χ3v) is 11.4. The lowest BCUT2D eigenvalue weighted by Gasteiger charge is -2.34. The molecule has 4 atom stereocenters. The topological polar surface area (TPSA) is 95.9 Å². The maximum Gasteiger partial charge on any atom is 0.319 e. The minimum atomic E-state index is -0.772. The van der Waals surface area contributed by atoms with Crippen molar-refractivity contribution in [3.63, 3.8) is 0 Å². The van der Waals surface area contributed by atoms with Crippen LogP contribution in [0.15, 0.2) is 36.4 Å². The largest absolute Gasteiger partial charge is 0.508 e. The minimum absolute atomic E-state index is 0.0302. The number of likely N-dealkylation sites (tertiary alicyclic amines) is 1. The highest BCUT2D eigenvalue weighted by atomic mass is 19.1. The van der Waals surface area contributed by atoms with Crippen molar-refractivity contribution >= 4 is 27.5 Å². The number of aromatic hydroxyl groups is 1. The van der Waals surface area contributed by atoms with E-state index in [9.17, 15) is 5.11 Å². The molecule has 4 fully saturated rings. The Hall–Kier alpha value is -4.53. The second-order valence-corrected chi connectivity index (χ2v) is 15.2. The number of ether oxygens (including phenoxy) is 2. The molecule has 2 N–H and O–H groups in total. The molecule has 9 nitrogen and oxygen atoms in total. The Kier molecular flexibility index (Phi) is 8.50. The van der Waals surface area contributed by atoms with Gasteiger partial charge in [-0.05, 0) is 82.4 Å². The summed E-state index contributed by atoms with van der Waals surface area (Å²) in [4.78, 5) is 19.0. The van der Waals surface area contributed by atoms with Crippen LogP contribution in [-0.4, -0.2) is 82.5 Å². The molecule has 4 unspecified atom stereocenters. The molecule has 5 heterocycles. The SMILES string of the molecule is C#Cc1c(F)ccc2cc(O)cc(-c3nc(OC)c4c(N5CC6CCC(C5)N6)nc(OCC5(CN6C(C)CCC6CC(=C)C)CC5)nc4c3F)c12. The van der Waals surface area contributed by atoms with Crippen LogP contribution in [0.2, 0.25) is 0 Å². The smallest absolute Gasteiger partial charge is 0.319 e. The molecule has 4 aliphatic rings. The average molecular weight is 695 g/mol. The number of nitrogens with one attached hydrogen (secondary N) is 1. The van der Waals surface area contributed by atoms with Crippen LogP contribution in [0, 0.1) is 29.4 Å². The third-order valence-electron chi connectivity index (χ3n) is 11.4. The lowest BCUT2D eigenvalue weighted by Crippen LogP contribution is -2.51. The Balaban J connectivity index is 1.23. The number of benzene rings is 2. The molecule has 2 aromatic carbocycles. The summed E-state index contributed by atoms with van der Waals surface area (Å²) in [5.74, 6) is 1.45. The number of pyridine rings is 1. The van der Waals surface area contributed by atoms with Crippen LogP contribution in [-0.2, 0) is 0 Å². The third kappa shape index (κ3) is 6.12. The monoisotopic (exact) mass is 694 g/mol. The van der Waals surface area contributed by atoms with Crippen LogP contribution in [0.4, 0.5) is 14.6 Å². The van der Waals surface area contributed by atoms with Crippen molar-refractivity contribution in [2.24, 2.45) is 5.41 Å². The Labute approximate surface area is 297 Å². The van der Waals surface area contributed by atoms with E-state index in [4.69, 9.17) is 25.9 Å². The van der Waals surface area contributed by atoms with Gasteiger partial charge in [0.15, 0.2) is 5.82 Å². The first kappa shape index (κ1) is 33.6. The van der Waals surface area contributed by atoms with Crippen molar-refractivity contribution in [3.05, 3.63) is 53.6 Å². The fourth-order valence-electron chi connectivity index (χ4n) is 8.61. The van der Waals surface area contributed by atoms with Crippen LogP contribution in [0.25, 0.3) is 32.9 Å². The number of terminal acetylenes is 1. The van der Waals surface area contributed by atoms with Crippen molar-refractivity contribution < 1.29 is 23.4 Å². The number of phenols is 1. The number of piperazine rings is 1. The van der Waals surface area contributed by atoms with E-state index >= 15 is 8.78 Å². The van der Waals surface area contributed by atoms with E-state index in [0.29, 0.717) is 48.4 Å². The zero-order chi connectivity index (χ0) is 35.6. The van der Waals surface area contributed by atoms with Gasteiger partial charge in [-0.1, -0.05) is 17.6 Å². The molecule has 2 bridgehead atoms. The van der Waals surface area contributed by atoms with Gasteiger partial charge in [-0.2, -0.15) is 9.97 Å². The molecule has 1 saturated carbocycles. The average Bonchev–Trinajstić information content (AvgIpc) is 3.70. The van der Waals surface area contributed by atoms with Gasteiger partial charge < -0.3 is 24.8 Å². The van der Waals surface area contributed by atoms with Crippen LogP contribution in [0.1, 0.15) is 64.4 Å². The summed E-state index contributed by atoms with van der Waals surface area (Å²) in [6.45, 7) is 11.3. The molecule has 1 aliphatic carbocycles. The van der Waals surface area contributed by atoms with Gasteiger partial charge in [0.05, 0.1) is 19.3 Å². The highest BCUT2D eigenvalue weighted by molar-refractivity contribution is 6.04. The number of halogens is 2. The molecule has 0 radical (unpaired) electrons. The first-order valence-corrected chi connectivity index (χ1v) is 18.0. The van der Waals surface area contributed by atoms with Gasteiger partial charge in [-0.15, -0.1) is 13.0 Å². The molecule has 0 spiro atoms. The van der Waals surface area contributed by atoms with Crippen molar-refractivity contribution in [2.75, 3.05) is 38.3 Å². The Morgan fingerprint density at radius 3 is 2.55 bits per heavy atom. The highest BCUT2D eigenvalue weighted by Crippen LogP contribution is 2.49. The second-order valence-electron chi connectivity index (χ2n) is 15.2. The number of phenolic OH excluding ortho intramolecular Hbond substituents is 1. The summed E-state index contributed by atoms with van der Waals surface area (Å²) in [5.41, 5.74) is 1.03. The quantitative estimate of drug-likeness (QED) is 0.138. The van der Waals surface area contributed by atoms with Crippen LogP contribution >= 0.6 is 0 Å². The number of aromatic nitrogens is 3. The molecule has 4 aromatic rings. The fraction of sp³-hybridized carbons (Fsp3) is 0.475. The fourth-order valence-corrected chi connectivity index (χ4v) is 8.61. The summed E-state index contributed by atoms with van der Waals surface area (Å²) >= 11 is 0. The van der Waals surface area contributed by atoms with Crippen molar-refractivity contribution in [1.82, 2.24) is 25.2 Å². The van der Waals surface area contributed by atoms with E-state index in [1.807, 2.05) is 0 Å². The molecule has 3 saturated heterocycles. The number of rotatable bonds is 10. The standard InChI is InChI=1S/C40H44F2N6O3/c1-6-29-31(41)12-8-24-16-28(49)17-30(32(24)29)35-34(42)36-33(38(44-35)50-5)37(47-18-25-9-10-26(19-47)43-25)46-39(45-36)51-21-40(13-14-40)20-48-23(4)7-11-27(48)15-22(2)3/h1,8,12,16-17,23,25-27,43,49H,2,7,9-11,13-15,18-21H2,3-5H3. The van der Waals surface area contributed by atoms with Gasteiger partial charge in [-0.3, -0.25) is 4.90 Å². The molecule has 11 heteroatoms. The summed E-state index contributed by atoms with van der Waals surface area (Å²) in [6.07, 6.45) is 13.2. The summed E-state index contributed by atoms with van der Waals surface area (Å²) < 4.78 is 44.5. The van der Waals surface area contributed by atoms with Gasteiger partial charge in [0.25, 0.3) is 0 Å².